The minimum Gasteiger partial charge on any atom is -0.480 e. The van der Waals surface area contributed by atoms with Gasteiger partial charge in [-0.05, 0) is 12.5 Å². The zero-order chi connectivity index (χ0) is 18.1. The standard InChI is InChI=1S/C17H16N2O4S2/c1-2-3-8-18-16(23)14(25-17(18)24)13-10-6-4-5-7-11(10)19(15(13)22)9-12(20)21/h4-7H,2-3,8-9H2,1H3,(H,20,21). The summed E-state index contributed by atoms with van der Waals surface area (Å²) < 4.78 is 0.433. The quantitative estimate of drug-likeness (QED) is 0.628. The molecule has 6 nitrogen and oxygen atoms in total. The minimum absolute atomic E-state index is 0.244. The molecule has 25 heavy (non-hydrogen) atoms. The van der Waals surface area contributed by atoms with E-state index < -0.39 is 18.4 Å². The van der Waals surface area contributed by atoms with Gasteiger partial charge >= 0.3 is 5.97 Å². The van der Waals surface area contributed by atoms with Crippen LogP contribution in [0.4, 0.5) is 5.69 Å². The van der Waals surface area contributed by atoms with Crippen molar-refractivity contribution in [1.82, 2.24) is 4.90 Å². The van der Waals surface area contributed by atoms with E-state index in [2.05, 4.69) is 0 Å². The first-order chi connectivity index (χ1) is 12.0. The predicted molar refractivity (Wildman–Crippen MR) is 100 cm³/mol. The molecule has 0 aromatic heterocycles. The normalized spacial score (nSPS) is 19.8. The van der Waals surface area contributed by atoms with Crippen molar-refractivity contribution in [2.75, 3.05) is 18.0 Å². The van der Waals surface area contributed by atoms with Gasteiger partial charge in [0.1, 0.15) is 10.9 Å². The maximum atomic E-state index is 12.8. The van der Waals surface area contributed by atoms with Gasteiger partial charge in [-0.2, -0.15) is 0 Å². The fourth-order valence-electron chi connectivity index (χ4n) is 2.85. The monoisotopic (exact) mass is 376 g/mol. The van der Waals surface area contributed by atoms with E-state index >= 15 is 0 Å². The van der Waals surface area contributed by atoms with Gasteiger partial charge in [-0.15, -0.1) is 0 Å². The molecule has 2 amide bonds. The van der Waals surface area contributed by atoms with Crippen LogP contribution in [0, 0.1) is 0 Å². The van der Waals surface area contributed by atoms with Gasteiger partial charge < -0.3 is 5.11 Å². The molecule has 2 aliphatic rings. The smallest absolute Gasteiger partial charge is 0.323 e. The van der Waals surface area contributed by atoms with Gasteiger partial charge in [0.25, 0.3) is 11.8 Å². The highest BCUT2D eigenvalue weighted by atomic mass is 32.2. The number of amides is 2. The van der Waals surface area contributed by atoms with Gasteiger partial charge in [0.05, 0.1) is 16.2 Å². The molecule has 2 heterocycles. The number of carboxylic acid groups (broad SMARTS) is 1. The third-order valence-electron chi connectivity index (χ3n) is 4.03. The number of thioether (sulfide) groups is 1. The largest absolute Gasteiger partial charge is 0.480 e. The zero-order valence-corrected chi connectivity index (χ0v) is 15.2. The molecule has 1 aromatic carbocycles. The van der Waals surface area contributed by atoms with Crippen LogP contribution in [0.5, 0.6) is 0 Å². The third kappa shape index (κ3) is 3.07. The Morgan fingerprint density at radius 2 is 1.92 bits per heavy atom. The number of rotatable bonds is 5. The molecular formula is C17H16N2O4S2. The van der Waals surface area contributed by atoms with Gasteiger partial charge in [-0.3, -0.25) is 24.2 Å². The number of nitrogens with zero attached hydrogens (tertiary/aromatic N) is 2. The van der Waals surface area contributed by atoms with Gasteiger partial charge in [-0.1, -0.05) is 55.5 Å². The molecule has 130 valence electrons. The summed E-state index contributed by atoms with van der Waals surface area (Å²) in [6.45, 7) is 2.10. The molecule has 0 atom stereocenters. The average Bonchev–Trinajstić information content (AvgIpc) is 3.00. The average molecular weight is 376 g/mol. The summed E-state index contributed by atoms with van der Waals surface area (Å²) in [5, 5.41) is 9.09. The van der Waals surface area contributed by atoms with E-state index in [-0.39, 0.29) is 16.4 Å². The first-order valence-corrected chi connectivity index (χ1v) is 9.09. The van der Waals surface area contributed by atoms with E-state index in [1.165, 1.54) is 9.80 Å². The van der Waals surface area contributed by atoms with Crippen LogP contribution in [-0.2, 0) is 14.4 Å². The predicted octanol–water partition coefficient (Wildman–Crippen LogP) is 2.49. The van der Waals surface area contributed by atoms with E-state index in [1.807, 2.05) is 6.92 Å². The second-order valence-electron chi connectivity index (χ2n) is 5.68. The lowest BCUT2D eigenvalue weighted by Crippen LogP contribution is -2.33. The molecule has 8 heteroatoms. The van der Waals surface area contributed by atoms with Crippen molar-refractivity contribution in [3.8, 4) is 0 Å². The molecule has 0 spiro atoms. The Bertz CT molecular complexity index is 819. The molecular weight excluding hydrogens is 360 g/mol. The lowest BCUT2D eigenvalue weighted by molar-refractivity contribution is -0.136. The zero-order valence-electron chi connectivity index (χ0n) is 13.5. The highest BCUT2D eigenvalue weighted by molar-refractivity contribution is 8.26. The highest BCUT2D eigenvalue weighted by Gasteiger charge is 2.42. The molecule has 0 bridgehead atoms. The molecule has 0 unspecified atom stereocenters. The summed E-state index contributed by atoms with van der Waals surface area (Å²) in [5.41, 5.74) is 1.32. The number of aliphatic carboxylic acids is 1. The number of thiocarbonyl (C=S) groups is 1. The fraction of sp³-hybridized carbons (Fsp3) is 0.294. The van der Waals surface area contributed by atoms with Crippen molar-refractivity contribution in [3.63, 3.8) is 0 Å². The number of carbonyl (C=O) groups excluding carboxylic acids is 2. The summed E-state index contributed by atoms with van der Waals surface area (Å²) in [7, 11) is 0. The Labute approximate surface area is 154 Å². The summed E-state index contributed by atoms with van der Waals surface area (Å²) in [4.78, 5) is 39.7. The van der Waals surface area contributed by atoms with Gasteiger partial charge in [0, 0.05) is 12.1 Å². The van der Waals surface area contributed by atoms with Crippen molar-refractivity contribution in [3.05, 3.63) is 34.7 Å². The first-order valence-electron chi connectivity index (χ1n) is 7.86. The molecule has 0 aliphatic carbocycles. The van der Waals surface area contributed by atoms with Crippen LogP contribution >= 0.6 is 24.0 Å². The number of fused-ring (bicyclic) bond motifs is 1. The van der Waals surface area contributed by atoms with Crippen molar-refractivity contribution in [2.24, 2.45) is 0 Å². The maximum Gasteiger partial charge on any atom is 0.323 e. The number of benzene rings is 1. The van der Waals surface area contributed by atoms with Crippen molar-refractivity contribution in [2.45, 2.75) is 19.8 Å². The highest BCUT2D eigenvalue weighted by Crippen LogP contribution is 2.44. The second-order valence-corrected chi connectivity index (χ2v) is 7.33. The number of unbranched alkanes of at least 4 members (excludes halogenated alkanes) is 1. The van der Waals surface area contributed by atoms with Crippen molar-refractivity contribution < 1.29 is 19.5 Å². The molecule has 1 saturated heterocycles. The van der Waals surface area contributed by atoms with Gasteiger partial charge in [0.15, 0.2) is 0 Å². The SMILES string of the molecule is CCCCN1C(=O)C(=C2C(=O)N(CC(=O)O)c3ccccc32)SC1=S. The Morgan fingerprint density at radius 1 is 1.20 bits per heavy atom. The maximum absolute atomic E-state index is 12.8. The van der Waals surface area contributed by atoms with Crippen LogP contribution in [0.3, 0.4) is 0 Å². The molecule has 1 fully saturated rings. The van der Waals surface area contributed by atoms with Crippen LogP contribution in [0.25, 0.3) is 5.57 Å². The Morgan fingerprint density at radius 3 is 2.60 bits per heavy atom. The lowest BCUT2D eigenvalue weighted by atomic mass is 10.1. The van der Waals surface area contributed by atoms with Crippen LogP contribution < -0.4 is 4.90 Å². The summed E-state index contributed by atoms with van der Waals surface area (Å²) in [6.07, 6.45) is 1.75. The van der Waals surface area contributed by atoms with Crippen LogP contribution in [0.15, 0.2) is 29.2 Å². The molecule has 1 aromatic rings. The fourth-order valence-corrected chi connectivity index (χ4v) is 4.23. The topological polar surface area (TPSA) is 77.9 Å². The minimum atomic E-state index is -1.11. The van der Waals surface area contributed by atoms with E-state index in [9.17, 15) is 14.4 Å². The molecule has 0 saturated carbocycles. The second kappa shape index (κ2) is 6.97. The van der Waals surface area contributed by atoms with E-state index in [0.29, 0.717) is 22.1 Å². The van der Waals surface area contributed by atoms with Crippen molar-refractivity contribution in [1.29, 1.82) is 0 Å². The molecule has 3 rings (SSSR count). The Hall–Kier alpha value is -2.19. The molecule has 0 radical (unpaired) electrons. The molecule has 2 aliphatic heterocycles. The summed E-state index contributed by atoms with van der Waals surface area (Å²) >= 11 is 6.41. The van der Waals surface area contributed by atoms with Gasteiger partial charge in [-0.25, -0.2) is 0 Å². The Balaban J connectivity index is 2.06. The number of anilines is 1. The van der Waals surface area contributed by atoms with Crippen molar-refractivity contribution >= 4 is 57.3 Å². The van der Waals surface area contributed by atoms with E-state index in [4.69, 9.17) is 17.3 Å². The van der Waals surface area contributed by atoms with Crippen LogP contribution in [0.2, 0.25) is 0 Å². The summed E-state index contributed by atoms with van der Waals surface area (Å²) in [6, 6.07) is 6.90. The summed E-state index contributed by atoms with van der Waals surface area (Å²) in [5.74, 6) is -1.86. The first kappa shape index (κ1) is 17.6. The number of hydrogen-bond acceptors (Lipinski definition) is 5. The third-order valence-corrected chi connectivity index (χ3v) is 5.48. The lowest BCUT2D eigenvalue weighted by Gasteiger charge is -2.14. The number of carboxylic acids is 1. The number of hydrogen-bond donors (Lipinski definition) is 1. The number of para-hydroxylation sites is 1. The van der Waals surface area contributed by atoms with Gasteiger partial charge in [0.2, 0.25) is 0 Å². The van der Waals surface area contributed by atoms with E-state index in [1.54, 1.807) is 24.3 Å². The van der Waals surface area contributed by atoms with Crippen LogP contribution in [-0.4, -0.2) is 45.2 Å². The molecule has 1 N–H and O–H groups in total. The van der Waals surface area contributed by atoms with Crippen LogP contribution in [0.1, 0.15) is 25.3 Å². The number of carbonyl (C=O) groups is 3. The Kier molecular flexibility index (Phi) is 4.91. The van der Waals surface area contributed by atoms with E-state index in [0.717, 1.165) is 24.6 Å².